The Kier molecular flexibility index (Phi) is 8.02. The molecule has 128 valence electrons. The quantitative estimate of drug-likeness (QED) is 0.583. The lowest BCUT2D eigenvalue weighted by Gasteiger charge is -2.13. The van der Waals surface area contributed by atoms with Crippen molar-refractivity contribution in [3.63, 3.8) is 0 Å². The van der Waals surface area contributed by atoms with Crippen molar-refractivity contribution in [2.75, 3.05) is 40.5 Å². The predicted octanol–water partition coefficient (Wildman–Crippen LogP) is 4.63. The number of nitrogens with zero attached hydrogens (tertiary/aromatic N) is 1. The van der Waals surface area contributed by atoms with Crippen LogP contribution in [0.1, 0.15) is 0 Å². The lowest BCUT2D eigenvalue weighted by molar-refractivity contribution is 0.166. The Hall–Kier alpha value is -1.62. The minimum absolute atomic E-state index is 0.571. The molecule has 0 unspecified atom stereocenters. The Balaban J connectivity index is 1.83. The second-order valence-corrected chi connectivity index (χ2v) is 6.49. The van der Waals surface area contributed by atoms with E-state index < -0.39 is 0 Å². The average Bonchev–Trinajstić information content (AvgIpc) is 2.60. The van der Waals surface area contributed by atoms with Crippen molar-refractivity contribution in [1.29, 1.82) is 0 Å². The standard InChI is InChI=1S/C20H24BrNO2/c1-22(13-15-23-2)12-3-4-14-24-20-7-5-6-18(16-20)17-8-10-19(21)11-9-17/h3-11,16H,12-15H2,1-2H3/b4-3+. The molecule has 2 aromatic carbocycles. The molecule has 3 nitrogen and oxygen atoms in total. The van der Waals surface area contributed by atoms with Crippen LogP contribution in [0.2, 0.25) is 0 Å². The maximum Gasteiger partial charge on any atom is 0.120 e. The number of halogens is 1. The monoisotopic (exact) mass is 389 g/mol. The van der Waals surface area contributed by atoms with Gasteiger partial charge in [-0.3, -0.25) is 0 Å². The first-order valence-corrected chi connectivity index (χ1v) is 8.79. The first kappa shape index (κ1) is 18.7. The average molecular weight is 390 g/mol. The van der Waals surface area contributed by atoms with Gasteiger partial charge < -0.3 is 14.4 Å². The summed E-state index contributed by atoms with van der Waals surface area (Å²) >= 11 is 3.46. The molecule has 0 saturated carbocycles. The molecule has 0 fully saturated rings. The van der Waals surface area contributed by atoms with Crippen molar-refractivity contribution in [3.8, 4) is 16.9 Å². The van der Waals surface area contributed by atoms with E-state index >= 15 is 0 Å². The summed E-state index contributed by atoms with van der Waals surface area (Å²) in [5.41, 5.74) is 2.34. The fourth-order valence-electron chi connectivity index (χ4n) is 2.21. The van der Waals surface area contributed by atoms with E-state index in [-0.39, 0.29) is 0 Å². The lowest BCUT2D eigenvalue weighted by Crippen LogP contribution is -2.22. The van der Waals surface area contributed by atoms with Crippen LogP contribution in [0.25, 0.3) is 11.1 Å². The number of ether oxygens (including phenoxy) is 2. The predicted molar refractivity (Wildman–Crippen MR) is 104 cm³/mol. The zero-order valence-corrected chi connectivity index (χ0v) is 15.8. The molecule has 0 aliphatic rings. The van der Waals surface area contributed by atoms with Crippen LogP contribution >= 0.6 is 15.9 Å². The third-order valence-corrected chi connectivity index (χ3v) is 4.15. The first-order valence-electron chi connectivity index (χ1n) is 8.00. The van der Waals surface area contributed by atoms with Crippen LogP contribution in [0.5, 0.6) is 5.75 Å². The van der Waals surface area contributed by atoms with Gasteiger partial charge in [-0.2, -0.15) is 0 Å². The molecule has 2 rings (SSSR count). The number of rotatable bonds is 9. The lowest BCUT2D eigenvalue weighted by atomic mass is 10.1. The molecule has 0 spiro atoms. The topological polar surface area (TPSA) is 21.7 Å². The second-order valence-electron chi connectivity index (χ2n) is 5.57. The minimum atomic E-state index is 0.571. The molecule has 0 bridgehead atoms. The summed E-state index contributed by atoms with van der Waals surface area (Å²) in [6.45, 7) is 3.15. The summed E-state index contributed by atoms with van der Waals surface area (Å²) in [7, 11) is 3.80. The molecule has 0 heterocycles. The van der Waals surface area contributed by atoms with Crippen LogP contribution in [-0.2, 0) is 4.74 Å². The third kappa shape index (κ3) is 6.48. The van der Waals surface area contributed by atoms with Gasteiger partial charge in [-0.05, 0) is 42.4 Å². The van der Waals surface area contributed by atoms with Crippen LogP contribution in [0, 0.1) is 0 Å². The Morgan fingerprint density at radius 1 is 1.04 bits per heavy atom. The van der Waals surface area contributed by atoms with Gasteiger partial charge in [0.05, 0.1) is 6.61 Å². The molecular formula is C20H24BrNO2. The Morgan fingerprint density at radius 2 is 1.83 bits per heavy atom. The summed E-state index contributed by atoms with van der Waals surface area (Å²) in [5, 5.41) is 0. The van der Waals surface area contributed by atoms with Crippen molar-refractivity contribution in [3.05, 3.63) is 65.2 Å². The maximum atomic E-state index is 5.82. The Morgan fingerprint density at radius 3 is 2.58 bits per heavy atom. The van der Waals surface area contributed by atoms with Gasteiger partial charge in [-0.25, -0.2) is 0 Å². The summed E-state index contributed by atoms with van der Waals surface area (Å²) in [4.78, 5) is 2.20. The van der Waals surface area contributed by atoms with Crippen molar-refractivity contribution < 1.29 is 9.47 Å². The molecule has 0 aliphatic carbocycles. The normalized spacial score (nSPS) is 11.3. The summed E-state index contributed by atoms with van der Waals surface area (Å²) in [6, 6.07) is 16.5. The molecular weight excluding hydrogens is 366 g/mol. The van der Waals surface area contributed by atoms with Gasteiger partial charge in [0.25, 0.3) is 0 Å². The first-order chi connectivity index (χ1) is 11.7. The number of methoxy groups -OCH3 is 1. The Labute approximate surface area is 153 Å². The van der Waals surface area contributed by atoms with Crippen LogP contribution < -0.4 is 4.74 Å². The zero-order valence-electron chi connectivity index (χ0n) is 14.2. The van der Waals surface area contributed by atoms with Gasteiger partial charge in [0.15, 0.2) is 0 Å². The van der Waals surface area contributed by atoms with E-state index in [2.05, 4.69) is 64.3 Å². The van der Waals surface area contributed by atoms with Gasteiger partial charge in [-0.15, -0.1) is 0 Å². The van der Waals surface area contributed by atoms with Crippen LogP contribution in [0.15, 0.2) is 65.2 Å². The van der Waals surface area contributed by atoms with Crippen molar-refractivity contribution in [2.45, 2.75) is 0 Å². The fourth-order valence-corrected chi connectivity index (χ4v) is 2.48. The highest BCUT2D eigenvalue weighted by molar-refractivity contribution is 9.10. The van der Waals surface area contributed by atoms with E-state index in [1.165, 1.54) is 5.56 Å². The molecule has 0 aliphatic heterocycles. The highest BCUT2D eigenvalue weighted by Gasteiger charge is 2.00. The van der Waals surface area contributed by atoms with Gasteiger partial charge in [0.2, 0.25) is 0 Å². The van der Waals surface area contributed by atoms with Gasteiger partial charge >= 0.3 is 0 Å². The van der Waals surface area contributed by atoms with E-state index in [4.69, 9.17) is 9.47 Å². The minimum Gasteiger partial charge on any atom is -0.490 e. The maximum absolute atomic E-state index is 5.82. The highest BCUT2D eigenvalue weighted by Crippen LogP contribution is 2.25. The molecule has 0 radical (unpaired) electrons. The Bertz CT molecular complexity index is 640. The van der Waals surface area contributed by atoms with Gasteiger partial charge in [0.1, 0.15) is 12.4 Å². The smallest absolute Gasteiger partial charge is 0.120 e. The molecule has 24 heavy (non-hydrogen) atoms. The van der Waals surface area contributed by atoms with E-state index in [9.17, 15) is 0 Å². The number of hydrogen-bond acceptors (Lipinski definition) is 3. The number of benzene rings is 2. The molecule has 0 saturated heterocycles. The van der Waals surface area contributed by atoms with E-state index in [1.807, 2.05) is 24.3 Å². The largest absolute Gasteiger partial charge is 0.490 e. The van der Waals surface area contributed by atoms with Crippen molar-refractivity contribution >= 4 is 15.9 Å². The molecule has 4 heteroatoms. The van der Waals surface area contributed by atoms with Crippen molar-refractivity contribution in [2.24, 2.45) is 0 Å². The number of likely N-dealkylation sites (N-methyl/N-ethyl adjacent to an activating group) is 1. The van der Waals surface area contributed by atoms with Crippen molar-refractivity contribution in [1.82, 2.24) is 4.90 Å². The SMILES string of the molecule is COCCN(C)C/C=C/COc1cccc(-c2ccc(Br)cc2)c1. The molecule has 0 aromatic heterocycles. The zero-order chi connectivity index (χ0) is 17.2. The molecule has 0 atom stereocenters. The third-order valence-electron chi connectivity index (χ3n) is 3.62. The van der Waals surface area contributed by atoms with Gasteiger partial charge in [0, 0.05) is 24.7 Å². The van der Waals surface area contributed by atoms with Crippen LogP contribution in [0.4, 0.5) is 0 Å². The highest BCUT2D eigenvalue weighted by atomic mass is 79.9. The summed E-state index contributed by atoms with van der Waals surface area (Å²) in [5.74, 6) is 0.882. The van der Waals surface area contributed by atoms with Crippen LogP contribution in [-0.4, -0.2) is 45.4 Å². The van der Waals surface area contributed by atoms with E-state index in [0.29, 0.717) is 6.61 Å². The summed E-state index contributed by atoms with van der Waals surface area (Å²) < 4.78 is 12.0. The van der Waals surface area contributed by atoms with E-state index in [0.717, 1.165) is 35.5 Å². The molecule has 0 N–H and O–H groups in total. The van der Waals surface area contributed by atoms with Crippen LogP contribution in [0.3, 0.4) is 0 Å². The number of hydrogen-bond donors (Lipinski definition) is 0. The molecule has 0 amide bonds. The molecule has 2 aromatic rings. The van der Waals surface area contributed by atoms with E-state index in [1.54, 1.807) is 7.11 Å². The van der Waals surface area contributed by atoms with Gasteiger partial charge in [-0.1, -0.05) is 52.3 Å². The fraction of sp³-hybridized carbons (Fsp3) is 0.300. The second kappa shape index (κ2) is 10.3. The summed E-state index contributed by atoms with van der Waals surface area (Å²) in [6.07, 6.45) is 4.17.